The molecule has 0 radical (unpaired) electrons. The van der Waals surface area contributed by atoms with Gasteiger partial charge in [0.15, 0.2) is 5.82 Å². The summed E-state index contributed by atoms with van der Waals surface area (Å²) in [6, 6.07) is 7.37. The number of benzene rings is 1. The van der Waals surface area contributed by atoms with Crippen molar-refractivity contribution in [2.24, 2.45) is 5.73 Å². The van der Waals surface area contributed by atoms with E-state index in [2.05, 4.69) is 20.1 Å². The highest BCUT2D eigenvalue weighted by Crippen LogP contribution is 2.37. The number of aromatic nitrogens is 4. The van der Waals surface area contributed by atoms with Gasteiger partial charge in [0.05, 0.1) is 11.7 Å². The first-order chi connectivity index (χ1) is 11.2. The van der Waals surface area contributed by atoms with Gasteiger partial charge in [-0.1, -0.05) is 11.2 Å². The second-order valence-electron chi connectivity index (χ2n) is 5.61. The Morgan fingerprint density at radius 1 is 1.22 bits per heavy atom. The molecule has 0 saturated heterocycles. The van der Waals surface area contributed by atoms with Gasteiger partial charge in [0, 0.05) is 18.0 Å². The first-order valence-electron chi connectivity index (χ1n) is 7.40. The fourth-order valence-corrected chi connectivity index (χ4v) is 2.48. The molecule has 3 aromatic rings. The van der Waals surface area contributed by atoms with Crippen molar-refractivity contribution in [3.8, 4) is 23.1 Å². The SMILES string of the molecule is NC1(c2noc(-c3cccc(Oc4cnccn4)c3)n2)CCC1. The topological polar surface area (TPSA) is 100.0 Å². The summed E-state index contributed by atoms with van der Waals surface area (Å²) in [4.78, 5) is 12.5. The summed E-state index contributed by atoms with van der Waals surface area (Å²) in [5.74, 6) is 2.04. The molecule has 0 aliphatic heterocycles. The average Bonchev–Trinajstić information content (AvgIpc) is 3.04. The molecule has 0 atom stereocenters. The fourth-order valence-electron chi connectivity index (χ4n) is 2.48. The van der Waals surface area contributed by atoms with Gasteiger partial charge in [-0.15, -0.1) is 0 Å². The lowest BCUT2D eigenvalue weighted by Gasteiger charge is -2.34. The van der Waals surface area contributed by atoms with E-state index in [9.17, 15) is 0 Å². The number of hydrogen-bond donors (Lipinski definition) is 1. The first-order valence-corrected chi connectivity index (χ1v) is 7.40. The quantitative estimate of drug-likeness (QED) is 0.790. The van der Waals surface area contributed by atoms with Gasteiger partial charge < -0.3 is 15.0 Å². The lowest BCUT2D eigenvalue weighted by Crippen LogP contribution is -2.44. The van der Waals surface area contributed by atoms with Crippen molar-refractivity contribution >= 4 is 0 Å². The third kappa shape index (κ3) is 2.66. The van der Waals surface area contributed by atoms with E-state index in [1.807, 2.05) is 24.3 Å². The summed E-state index contributed by atoms with van der Waals surface area (Å²) < 4.78 is 11.0. The predicted octanol–water partition coefficient (Wildman–Crippen LogP) is 2.66. The minimum atomic E-state index is -0.435. The van der Waals surface area contributed by atoms with Crippen LogP contribution in [0.3, 0.4) is 0 Å². The molecule has 2 N–H and O–H groups in total. The monoisotopic (exact) mass is 309 g/mol. The van der Waals surface area contributed by atoms with E-state index >= 15 is 0 Å². The highest BCUT2D eigenvalue weighted by atomic mass is 16.5. The van der Waals surface area contributed by atoms with Crippen LogP contribution in [-0.4, -0.2) is 20.1 Å². The number of nitrogens with two attached hydrogens (primary N) is 1. The molecular formula is C16H15N5O2. The summed E-state index contributed by atoms with van der Waals surface area (Å²) in [5, 5.41) is 4.03. The Morgan fingerprint density at radius 3 is 2.87 bits per heavy atom. The minimum Gasteiger partial charge on any atom is -0.437 e. The van der Waals surface area contributed by atoms with Crippen molar-refractivity contribution in [1.82, 2.24) is 20.1 Å². The van der Waals surface area contributed by atoms with Gasteiger partial charge in [-0.3, -0.25) is 4.98 Å². The molecule has 1 aliphatic carbocycles. The number of rotatable bonds is 4. The molecule has 116 valence electrons. The van der Waals surface area contributed by atoms with Crippen LogP contribution in [0.15, 0.2) is 47.4 Å². The second-order valence-corrected chi connectivity index (χ2v) is 5.61. The fraction of sp³-hybridized carbons (Fsp3) is 0.250. The van der Waals surface area contributed by atoms with Gasteiger partial charge in [-0.25, -0.2) is 4.98 Å². The van der Waals surface area contributed by atoms with Gasteiger partial charge in [0.2, 0.25) is 5.88 Å². The van der Waals surface area contributed by atoms with Crippen LogP contribution in [0.1, 0.15) is 25.1 Å². The molecule has 2 heterocycles. The molecule has 1 fully saturated rings. The van der Waals surface area contributed by atoms with E-state index in [4.69, 9.17) is 15.0 Å². The number of nitrogens with zero attached hydrogens (tertiary/aromatic N) is 4. The lowest BCUT2D eigenvalue weighted by molar-refractivity contribution is 0.229. The zero-order valence-electron chi connectivity index (χ0n) is 12.3. The van der Waals surface area contributed by atoms with Gasteiger partial charge in [-0.05, 0) is 37.5 Å². The molecule has 0 unspecified atom stereocenters. The second kappa shape index (κ2) is 5.44. The minimum absolute atomic E-state index is 0.422. The van der Waals surface area contributed by atoms with Crippen LogP contribution in [0.5, 0.6) is 11.6 Å². The van der Waals surface area contributed by atoms with E-state index in [1.54, 1.807) is 18.6 Å². The normalized spacial score (nSPS) is 15.9. The Bertz CT molecular complexity index is 814. The van der Waals surface area contributed by atoms with Crippen molar-refractivity contribution in [1.29, 1.82) is 0 Å². The third-order valence-electron chi connectivity index (χ3n) is 3.96. The third-order valence-corrected chi connectivity index (χ3v) is 3.96. The summed E-state index contributed by atoms with van der Waals surface area (Å²) in [7, 11) is 0. The molecule has 1 saturated carbocycles. The molecule has 1 aliphatic rings. The van der Waals surface area contributed by atoms with E-state index in [0.717, 1.165) is 24.8 Å². The Labute approximate surface area is 132 Å². The number of hydrogen-bond acceptors (Lipinski definition) is 7. The van der Waals surface area contributed by atoms with Gasteiger partial charge in [0.1, 0.15) is 5.75 Å². The van der Waals surface area contributed by atoms with Gasteiger partial charge >= 0.3 is 0 Å². The van der Waals surface area contributed by atoms with Gasteiger partial charge in [0.25, 0.3) is 5.89 Å². The summed E-state index contributed by atoms with van der Waals surface area (Å²) in [6.07, 6.45) is 7.59. The summed E-state index contributed by atoms with van der Waals surface area (Å²) in [6.45, 7) is 0. The van der Waals surface area contributed by atoms with E-state index in [0.29, 0.717) is 23.3 Å². The molecular weight excluding hydrogens is 294 g/mol. The zero-order chi connectivity index (χ0) is 15.7. The molecule has 7 nitrogen and oxygen atoms in total. The van der Waals surface area contributed by atoms with E-state index < -0.39 is 5.54 Å². The van der Waals surface area contributed by atoms with Crippen molar-refractivity contribution < 1.29 is 9.26 Å². The van der Waals surface area contributed by atoms with Crippen molar-refractivity contribution in [2.75, 3.05) is 0 Å². The average molecular weight is 309 g/mol. The predicted molar refractivity (Wildman–Crippen MR) is 81.6 cm³/mol. The van der Waals surface area contributed by atoms with Crippen LogP contribution in [-0.2, 0) is 5.54 Å². The van der Waals surface area contributed by atoms with Crippen molar-refractivity contribution in [3.05, 3.63) is 48.7 Å². The van der Waals surface area contributed by atoms with Crippen molar-refractivity contribution in [3.63, 3.8) is 0 Å². The Morgan fingerprint density at radius 2 is 2.13 bits per heavy atom. The maximum absolute atomic E-state index is 6.22. The molecule has 7 heteroatoms. The highest BCUT2D eigenvalue weighted by Gasteiger charge is 2.39. The Hall–Kier alpha value is -2.80. The standard InChI is InChI=1S/C16H15N5O2/c17-16(5-2-6-16)15-20-14(23-21-15)11-3-1-4-12(9-11)22-13-10-18-7-8-19-13/h1,3-4,7-10H,2,5-6,17H2. The van der Waals surface area contributed by atoms with Crippen LogP contribution >= 0.6 is 0 Å². The van der Waals surface area contributed by atoms with Crippen LogP contribution in [0.2, 0.25) is 0 Å². The Balaban J connectivity index is 1.59. The van der Waals surface area contributed by atoms with Crippen LogP contribution in [0.4, 0.5) is 0 Å². The van der Waals surface area contributed by atoms with Crippen LogP contribution in [0.25, 0.3) is 11.5 Å². The highest BCUT2D eigenvalue weighted by molar-refractivity contribution is 5.56. The van der Waals surface area contributed by atoms with Gasteiger partial charge in [-0.2, -0.15) is 4.98 Å². The van der Waals surface area contributed by atoms with E-state index in [-0.39, 0.29) is 0 Å². The molecule has 0 bridgehead atoms. The summed E-state index contributed by atoms with van der Waals surface area (Å²) in [5.41, 5.74) is 6.56. The smallest absolute Gasteiger partial charge is 0.258 e. The molecule has 0 amide bonds. The molecule has 4 rings (SSSR count). The number of ether oxygens (including phenoxy) is 1. The Kier molecular flexibility index (Phi) is 3.27. The maximum Gasteiger partial charge on any atom is 0.258 e. The maximum atomic E-state index is 6.22. The summed E-state index contributed by atoms with van der Waals surface area (Å²) >= 11 is 0. The molecule has 1 aromatic carbocycles. The van der Waals surface area contributed by atoms with Crippen LogP contribution in [0, 0.1) is 0 Å². The first kappa shape index (κ1) is 13.8. The van der Waals surface area contributed by atoms with Crippen LogP contribution < -0.4 is 10.5 Å². The zero-order valence-corrected chi connectivity index (χ0v) is 12.3. The molecule has 2 aromatic heterocycles. The lowest BCUT2D eigenvalue weighted by atomic mass is 9.77. The largest absolute Gasteiger partial charge is 0.437 e. The van der Waals surface area contributed by atoms with Crippen molar-refractivity contribution in [2.45, 2.75) is 24.8 Å². The molecule has 23 heavy (non-hydrogen) atoms. The van der Waals surface area contributed by atoms with E-state index in [1.165, 1.54) is 0 Å². The molecule has 0 spiro atoms.